The molecule has 0 spiro atoms. The molecule has 0 saturated heterocycles. The molecule has 0 unspecified atom stereocenters. The molecule has 0 amide bonds. The summed E-state index contributed by atoms with van der Waals surface area (Å²) in [6, 6.07) is 17.9. The molecule has 0 saturated carbocycles. The number of hydrogen-bond donors (Lipinski definition) is 1. The van der Waals surface area contributed by atoms with Crippen molar-refractivity contribution < 1.29 is 5.11 Å². The zero-order chi connectivity index (χ0) is 14.6. The number of benzene rings is 2. The number of halogens is 1. The monoisotopic (exact) mass is 330 g/mol. The van der Waals surface area contributed by atoms with E-state index in [2.05, 4.69) is 34.6 Å². The minimum absolute atomic E-state index is 0.123. The van der Waals surface area contributed by atoms with Gasteiger partial charge in [0.25, 0.3) is 0 Å². The van der Waals surface area contributed by atoms with E-state index in [-0.39, 0.29) is 5.92 Å². The normalized spacial score (nSPS) is 15.3. The molecule has 1 nitrogen and oxygen atoms in total. The minimum Gasteiger partial charge on any atom is -0.385 e. The maximum Gasteiger partial charge on any atom is 0.0877 e. The van der Waals surface area contributed by atoms with Crippen LogP contribution in [0.2, 0.25) is 0 Å². The summed E-state index contributed by atoms with van der Waals surface area (Å²) in [7, 11) is 0. The Hall–Kier alpha value is -1.38. The molecule has 2 aromatic carbocycles. The third kappa shape index (κ3) is 3.59. The summed E-state index contributed by atoms with van der Waals surface area (Å²) in [4.78, 5) is 0. The summed E-state index contributed by atoms with van der Waals surface area (Å²) in [5.41, 5.74) is 1.23. The van der Waals surface area contributed by atoms with Crippen LogP contribution < -0.4 is 0 Å². The maximum atomic E-state index is 10.7. The average molecular weight is 331 g/mol. The minimum atomic E-state index is -0.868. The molecule has 0 aromatic heterocycles. The van der Waals surface area contributed by atoms with Crippen molar-refractivity contribution in [1.29, 1.82) is 0 Å². The van der Waals surface area contributed by atoms with Gasteiger partial charge in [0.15, 0.2) is 0 Å². The van der Waals surface area contributed by atoms with Crippen molar-refractivity contribution in [2.24, 2.45) is 0 Å². The van der Waals surface area contributed by atoms with Crippen LogP contribution in [-0.2, 0) is 5.60 Å². The summed E-state index contributed by atoms with van der Waals surface area (Å²) >= 11 is 3.44. The van der Waals surface area contributed by atoms with Crippen LogP contribution in [0.15, 0.2) is 71.7 Å². The number of allylic oxidation sites excluding steroid dienone is 1. The number of rotatable bonds is 5. The van der Waals surface area contributed by atoms with E-state index < -0.39 is 5.60 Å². The molecule has 0 aliphatic rings. The highest BCUT2D eigenvalue weighted by Gasteiger charge is 2.26. The molecule has 0 bridgehead atoms. The molecule has 2 atom stereocenters. The molecule has 2 heteroatoms. The predicted molar refractivity (Wildman–Crippen MR) is 87.7 cm³/mol. The van der Waals surface area contributed by atoms with Crippen LogP contribution >= 0.6 is 15.9 Å². The predicted octanol–water partition coefficient (Wildman–Crippen LogP) is 5.02. The van der Waals surface area contributed by atoms with Crippen LogP contribution in [0.5, 0.6) is 0 Å². The molecule has 104 valence electrons. The highest BCUT2D eigenvalue weighted by Crippen LogP contribution is 2.34. The maximum absolute atomic E-state index is 10.7. The van der Waals surface area contributed by atoms with Crippen LogP contribution in [0.1, 0.15) is 30.4 Å². The molecule has 1 N–H and O–H groups in total. The SMILES string of the molecule is C=C[C@H](C[C@@](C)(O)c1ccccc1)c1ccc(Br)cc1. The molecule has 0 aliphatic carbocycles. The lowest BCUT2D eigenvalue weighted by molar-refractivity contribution is 0.0440. The fourth-order valence-corrected chi connectivity index (χ4v) is 2.65. The van der Waals surface area contributed by atoms with Gasteiger partial charge >= 0.3 is 0 Å². The molecule has 0 heterocycles. The second-order valence-electron chi connectivity index (χ2n) is 5.24. The lowest BCUT2D eigenvalue weighted by atomic mass is 9.83. The molecular formula is C18H19BrO. The second-order valence-corrected chi connectivity index (χ2v) is 6.15. The van der Waals surface area contributed by atoms with Crippen molar-refractivity contribution in [2.45, 2.75) is 24.9 Å². The molecular weight excluding hydrogens is 312 g/mol. The van der Waals surface area contributed by atoms with Gasteiger partial charge in [-0.25, -0.2) is 0 Å². The average Bonchev–Trinajstić information content (AvgIpc) is 2.47. The third-order valence-electron chi connectivity index (χ3n) is 3.60. The Kier molecular flexibility index (Phi) is 4.79. The van der Waals surface area contributed by atoms with E-state index in [1.54, 1.807) is 0 Å². The van der Waals surface area contributed by atoms with E-state index in [1.165, 1.54) is 5.56 Å². The van der Waals surface area contributed by atoms with Gasteiger partial charge < -0.3 is 5.11 Å². The summed E-state index contributed by atoms with van der Waals surface area (Å²) in [5, 5.41) is 10.7. The first kappa shape index (κ1) is 15.0. The van der Waals surface area contributed by atoms with Crippen LogP contribution in [0.4, 0.5) is 0 Å². The first-order chi connectivity index (χ1) is 9.53. The summed E-state index contributed by atoms with van der Waals surface area (Å²) in [5.74, 6) is 0.123. The van der Waals surface area contributed by atoms with Gasteiger partial charge in [0.05, 0.1) is 5.60 Å². The fourth-order valence-electron chi connectivity index (χ4n) is 2.39. The van der Waals surface area contributed by atoms with Gasteiger partial charge in [-0.15, -0.1) is 6.58 Å². The molecule has 0 fully saturated rings. The lowest BCUT2D eigenvalue weighted by Gasteiger charge is -2.28. The summed E-state index contributed by atoms with van der Waals surface area (Å²) < 4.78 is 1.05. The Labute approximate surface area is 129 Å². The molecule has 2 aromatic rings. The summed E-state index contributed by atoms with van der Waals surface area (Å²) in [6.07, 6.45) is 2.52. The number of hydrogen-bond acceptors (Lipinski definition) is 1. The van der Waals surface area contributed by atoms with Gasteiger partial charge in [0.1, 0.15) is 0 Å². The first-order valence-corrected chi connectivity index (χ1v) is 7.48. The lowest BCUT2D eigenvalue weighted by Crippen LogP contribution is -2.23. The molecule has 20 heavy (non-hydrogen) atoms. The standard InChI is InChI=1S/C18H19BrO/c1-3-14(15-9-11-17(19)12-10-15)13-18(2,20)16-7-5-4-6-8-16/h3-12,14,20H,1,13H2,2H3/t14-,18-/m1/s1. The van der Waals surface area contributed by atoms with Crippen molar-refractivity contribution in [3.05, 3.63) is 82.9 Å². The van der Waals surface area contributed by atoms with E-state index in [4.69, 9.17) is 0 Å². The van der Waals surface area contributed by atoms with Gasteiger partial charge in [0, 0.05) is 10.4 Å². The Bertz CT molecular complexity index is 558. The van der Waals surface area contributed by atoms with Crippen LogP contribution in [-0.4, -0.2) is 5.11 Å². The highest BCUT2D eigenvalue weighted by molar-refractivity contribution is 9.10. The van der Waals surface area contributed by atoms with E-state index >= 15 is 0 Å². The number of aliphatic hydroxyl groups is 1. The van der Waals surface area contributed by atoms with E-state index in [0.29, 0.717) is 6.42 Å². The first-order valence-electron chi connectivity index (χ1n) is 6.69. The van der Waals surface area contributed by atoms with Gasteiger partial charge in [-0.2, -0.15) is 0 Å². The van der Waals surface area contributed by atoms with Gasteiger partial charge in [-0.1, -0.05) is 64.5 Å². The molecule has 2 rings (SSSR count). The van der Waals surface area contributed by atoms with Gasteiger partial charge in [-0.3, -0.25) is 0 Å². The smallest absolute Gasteiger partial charge is 0.0877 e. The fraction of sp³-hybridized carbons (Fsp3) is 0.222. The largest absolute Gasteiger partial charge is 0.385 e. The molecule has 0 aliphatic heterocycles. The Morgan fingerprint density at radius 1 is 1.15 bits per heavy atom. The Morgan fingerprint density at radius 3 is 2.30 bits per heavy atom. The molecule has 0 radical (unpaired) electrons. The van der Waals surface area contributed by atoms with Crippen molar-refractivity contribution >= 4 is 15.9 Å². The Morgan fingerprint density at radius 2 is 1.75 bits per heavy atom. The topological polar surface area (TPSA) is 20.2 Å². The summed E-state index contributed by atoms with van der Waals surface area (Å²) in [6.45, 7) is 5.77. The quantitative estimate of drug-likeness (QED) is 0.763. The van der Waals surface area contributed by atoms with Crippen LogP contribution in [0.25, 0.3) is 0 Å². The third-order valence-corrected chi connectivity index (χ3v) is 4.12. The van der Waals surface area contributed by atoms with Gasteiger partial charge in [0.2, 0.25) is 0 Å². The highest BCUT2D eigenvalue weighted by atomic mass is 79.9. The zero-order valence-corrected chi connectivity index (χ0v) is 13.2. The van der Waals surface area contributed by atoms with Gasteiger partial charge in [-0.05, 0) is 36.6 Å². The van der Waals surface area contributed by atoms with Crippen molar-refractivity contribution in [1.82, 2.24) is 0 Å². The van der Waals surface area contributed by atoms with Crippen molar-refractivity contribution in [3.8, 4) is 0 Å². The second kappa shape index (κ2) is 6.38. The van der Waals surface area contributed by atoms with E-state index in [1.807, 2.05) is 55.5 Å². The van der Waals surface area contributed by atoms with Crippen LogP contribution in [0, 0.1) is 0 Å². The van der Waals surface area contributed by atoms with Crippen molar-refractivity contribution in [3.63, 3.8) is 0 Å². The van der Waals surface area contributed by atoms with E-state index in [9.17, 15) is 5.11 Å². The Balaban J connectivity index is 2.21. The van der Waals surface area contributed by atoms with Crippen molar-refractivity contribution in [2.75, 3.05) is 0 Å². The zero-order valence-electron chi connectivity index (χ0n) is 11.6. The van der Waals surface area contributed by atoms with E-state index in [0.717, 1.165) is 10.0 Å². The van der Waals surface area contributed by atoms with Crippen LogP contribution in [0.3, 0.4) is 0 Å².